The van der Waals surface area contributed by atoms with Gasteiger partial charge in [0.2, 0.25) is 0 Å². The van der Waals surface area contributed by atoms with Crippen molar-refractivity contribution in [3.05, 3.63) is 59.6 Å². The maximum atomic E-state index is 6.07. The number of benzene rings is 2. The van der Waals surface area contributed by atoms with Gasteiger partial charge in [0.15, 0.2) is 0 Å². The summed E-state index contributed by atoms with van der Waals surface area (Å²) in [7, 11) is 0. The van der Waals surface area contributed by atoms with Gasteiger partial charge in [0.1, 0.15) is 12.1 Å². The summed E-state index contributed by atoms with van der Waals surface area (Å²) < 4.78 is 0. The Morgan fingerprint density at radius 3 is 2.86 bits per heavy atom. The highest BCUT2D eigenvalue weighted by Crippen LogP contribution is 2.23. The number of H-pyrrole nitrogens is 1. The molecule has 0 radical (unpaired) electrons. The lowest BCUT2D eigenvalue weighted by Crippen LogP contribution is -2.02. The molecule has 0 bridgehead atoms. The zero-order chi connectivity index (χ0) is 14.9. The molecule has 0 unspecified atom stereocenters. The first kappa shape index (κ1) is 13.0. The molecular weight excluding hydrogens is 298 g/mol. The van der Waals surface area contributed by atoms with Gasteiger partial charge in [-0.1, -0.05) is 17.7 Å². The zero-order valence-electron chi connectivity index (χ0n) is 11.5. The minimum Gasteiger partial charge on any atom is -0.365 e. The second kappa shape index (κ2) is 5.27. The van der Waals surface area contributed by atoms with Crippen LogP contribution in [0, 0.1) is 0 Å². The Morgan fingerprint density at radius 2 is 1.91 bits per heavy atom. The smallest absolute Gasteiger partial charge is 0.137 e. The van der Waals surface area contributed by atoms with Crippen molar-refractivity contribution in [2.75, 3.05) is 5.32 Å². The lowest BCUT2D eigenvalue weighted by atomic mass is 10.2. The van der Waals surface area contributed by atoms with Crippen molar-refractivity contribution in [2.45, 2.75) is 6.54 Å². The number of hydrogen-bond acceptors (Lipinski definition) is 4. The van der Waals surface area contributed by atoms with E-state index in [2.05, 4.69) is 31.3 Å². The number of nitrogens with zero attached hydrogens (tertiary/aromatic N) is 3. The van der Waals surface area contributed by atoms with E-state index in [4.69, 9.17) is 11.6 Å². The third kappa shape index (κ3) is 2.35. The van der Waals surface area contributed by atoms with E-state index >= 15 is 0 Å². The van der Waals surface area contributed by atoms with Gasteiger partial charge < -0.3 is 10.3 Å². The van der Waals surface area contributed by atoms with Gasteiger partial charge in [0.05, 0.1) is 22.9 Å². The van der Waals surface area contributed by atoms with E-state index in [1.165, 1.54) is 0 Å². The predicted molar refractivity (Wildman–Crippen MR) is 88.0 cm³/mol. The topological polar surface area (TPSA) is 66.5 Å². The molecule has 2 heterocycles. The molecule has 0 aliphatic heterocycles. The van der Waals surface area contributed by atoms with Crippen molar-refractivity contribution in [2.24, 2.45) is 0 Å². The first-order valence-electron chi connectivity index (χ1n) is 6.86. The van der Waals surface area contributed by atoms with Crippen LogP contribution >= 0.6 is 11.6 Å². The number of halogens is 1. The molecule has 0 saturated carbocycles. The van der Waals surface area contributed by atoms with Gasteiger partial charge in [-0.3, -0.25) is 0 Å². The lowest BCUT2D eigenvalue weighted by Gasteiger charge is -2.08. The lowest BCUT2D eigenvalue weighted by molar-refractivity contribution is 1.10. The van der Waals surface area contributed by atoms with E-state index in [-0.39, 0.29) is 0 Å². The van der Waals surface area contributed by atoms with Crippen LogP contribution in [0.2, 0.25) is 5.02 Å². The molecule has 0 amide bonds. The molecular formula is C16H12ClN5. The van der Waals surface area contributed by atoms with Gasteiger partial charge in [-0.05, 0) is 35.9 Å². The molecule has 2 N–H and O–H groups in total. The number of rotatable bonds is 3. The molecule has 4 rings (SSSR count). The number of aromatic amines is 1. The average Bonchev–Trinajstić information content (AvgIpc) is 3.00. The van der Waals surface area contributed by atoms with Crippen LogP contribution in [0.3, 0.4) is 0 Å². The van der Waals surface area contributed by atoms with Gasteiger partial charge >= 0.3 is 0 Å². The van der Waals surface area contributed by atoms with E-state index < -0.39 is 0 Å². The molecule has 0 fully saturated rings. The van der Waals surface area contributed by atoms with Crippen LogP contribution in [-0.2, 0) is 6.54 Å². The molecule has 0 atom stereocenters. The van der Waals surface area contributed by atoms with Gasteiger partial charge in [-0.15, -0.1) is 0 Å². The van der Waals surface area contributed by atoms with Crippen LogP contribution in [0.25, 0.3) is 21.9 Å². The first-order valence-corrected chi connectivity index (χ1v) is 7.23. The molecule has 6 heteroatoms. The Bertz CT molecular complexity index is 963. The van der Waals surface area contributed by atoms with Crippen molar-refractivity contribution < 1.29 is 0 Å². The van der Waals surface area contributed by atoms with Gasteiger partial charge in [0, 0.05) is 17.0 Å². The van der Waals surface area contributed by atoms with Crippen molar-refractivity contribution in [3.63, 3.8) is 0 Å². The highest BCUT2D eigenvalue weighted by Gasteiger charge is 2.05. The number of fused-ring (bicyclic) bond motifs is 2. The molecule has 2 aromatic carbocycles. The Labute approximate surface area is 131 Å². The summed E-state index contributed by atoms with van der Waals surface area (Å²) in [6.07, 6.45) is 3.25. The summed E-state index contributed by atoms with van der Waals surface area (Å²) in [4.78, 5) is 15.9. The average molecular weight is 310 g/mol. The SMILES string of the molecule is Clc1ccc2ncnc(NCc3ccc4nc[nH]c4c3)c2c1. The fourth-order valence-corrected chi connectivity index (χ4v) is 2.62. The Kier molecular flexibility index (Phi) is 3.12. The normalized spacial score (nSPS) is 11.1. The molecule has 0 aliphatic carbocycles. The van der Waals surface area contributed by atoms with Gasteiger partial charge in [0.25, 0.3) is 0 Å². The van der Waals surface area contributed by atoms with E-state index in [1.807, 2.05) is 30.3 Å². The quantitative estimate of drug-likeness (QED) is 0.604. The number of hydrogen-bond donors (Lipinski definition) is 2. The number of anilines is 1. The fourth-order valence-electron chi connectivity index (χ4n) is 2.45. The summed E-state index contributed by atoms with van der Waals surface area (Å²) in [6.45, 7) is 0.660. The molecule has 0 aliphatic rings. The standard InChI is InChI=1S/C16H12ClN5/c17-11-2-4-13-12(6-11)16(22-9-19-13)18-7-10-1-3-14-15(5-10)21-8-20-14/h1-6,8-9H,7H2,(H,20,21)(H,18,19,22). The first-order chi connectivity index (χ1) is 10.8. The highest BCUT2D eigenvalue weighted by atomic mass is 35.5. The maximum absolute atomic E-state index is 6.07. The minimum absolute atomic E-state index is 0.660. The van der Waals surface area contributed by atoms with Crippen molar-refractivity contribution >= 4 is 39.4 Å². The van der Waals surface area contributed by atoms with Crippen LogP contribution < -0.4 is 5.32 Å². The second-order valence-electron chi connectivity index (χ2n) is 4.99. The largest absolute Gasteiger partial charge is 0.365 e. The molecule has 5 nitrogen and oxygen atoms in total. The van der Waals surface area contributed by atoms with E-state index in [0.29, 0.717) is 11.6 Å². The second-order valence-corrected chi connectivity index (χ2v) is 5.43. The Hall–Kier alpha value is -2.66. The van der Waals surface area contributed by atoms with Gasteiger partial charge in [-0.25, -0.2) is 15.0 Å². The summed E-state index contributed by atoms with van der Waals surface area (Å²) in [5.41, 5.74) is 3.99. The fraction of sp³-hybridized carbons (Fsp3) is 0.0625. The van der Waals surface area contributed by atoms with Crippen LogP contribution in [0.4, 0.5) is 5.82 Å². The summed E-state index contributed by atoms with van der Waals surface area (Å²) >= 11 is 6.07. The Balaban J connectivity index is 1.64. The van der Waals surface area contributed by atoms with Crippen molar-refractivity contribution in [3.8, 4) is 0 Å². The van der Waals surface area contributed by atoms with E-state index in [0.717, 1.165) is 33.3 Å². The van der Waals surface area contributed by atoms with Gasteiger partial charge in [-0.2, -0.15) is 0 Å². The molecule has 108 valence electrons. The number of aromatic nitrogens is 4. The molecule has 2 aromatic heterocycles. The maximum Gasteiger partial charge on any atom is 0.137 e. The van der Waals surface area contributed by atoms with Crippen molar-refractivity contribution in [1.82, 2.24) is 19.9 Å². The van der Waals surface area contributed by atoms with Crippen LogP contribution in [-0.4, -0.2) is 19.9 Å². The van der Waals surface area contributed by atoms with Crippen LogP contribution in [0.1, 0.15) is 5.56 Å². The minimum atomic E-state index is 0.660. The molecule has 0 spiro atoms. The summed E-state index contributed by atoms with van der Waals surface area (Å²) in [5, 5.41) is 4.93. The Morgan fingerprint density at radius 1 is 1.00 bits per heavy atom. The van der Waals surface area contributed by atoms with Crippen molar-refractivity contribution in [1.29, 1.82) is 0 Å². The summed E-state index contributed by atoms with van der Waals surface area (Å²) in [6, 6.07) is 11.7. The molecule has 0 saturated heterocycles. The zero-order valence-corrected chi connectivity index (χ0v) is 12.3. The van der Waals surface area contributed by atoms with E-state index in [9.17, 15) is 0 Å². The highest BCUT2D eigenvalue weighted by molar-refractivity contribution is 6.31. The van der Waals surface area contributed by atoms with Crippen LogP contribution in [0.15, 0.2) is 49.1 Å². The third-order valence-corrected chi connectivity index (χ3v) is 3.78. The number of nitrogens with one attached hydrogen (secondary N) is 2. The third-order valence-electron chi connectivity index (χ3n) is 3.54. The van der Waals surface area contributed by atoms with E-state index in [1.54, 1.807) is 12.7 Å². The monoisotopic (exact) mass is 309 g/mol. The van der Waals surface area contributed by atoms with Crippen LogP contribution in [0.5, 0.6) is 0 Å². The summed E-state index contributed by atoms with van der Waals surface area (Å²) in [5.74, 6) is 0.775. The molecule has 22 heavy (non-hydrogen) atoms. The predicted octanol–water partition coefficient (Wildman–Crippen LogP) is 3.77. The molecule has 4 aromatic rings. The number of imidazole rings is 1.